The van der Waals surface area contributed by atoms with Gasteiger partial charge in [0.25, 0.3) is 5.91 Å². The molecule has 0 unspecified atom stereocenters. The van der Waals surface area contributed by atoms with Gasteiger partial charge in [0.1, 0.15) is 0 Å². The lowest BCUT2D eigenvalue weighted by Crippen LogP contribution is -2.28. The molecule has 0 heterocycles. The fraction of sp³-hybridized carbons (Fsp3) is 0.462. The fourth-order valence-electron chi connectivity index (χ4n) is 1.57. The molecular formula is C13H22ClN3O3S. The highest BCUT2D eigenvalue weighted by atomic mass is 35.5. The van der Waals surface area contributed by atoms with Crippen molar-refractivity contribution in [1.82, 2.24) is 10.6 Å². The predicted octanol–water partition coefficient (Wildman–Crippen LogP) is 1.21. The maximum absolute atomic E-state index is 12.0. The van der Waals surface area contributed by atoms with E-state index in [1.165, 1.54) is 0 Å². The van der Waals surface area contributed by atoms with E-state index in [2.05, 4.69) is 15.4 Å². The second kappa shape index (κ2) is 9.59. The monoisotopic (exact) mass is 335 g/mol. The highest BCUT2D eigenvalue weighted by Gasteiger charge is 2.14. The number of halogens is 1. The molecule has 0 atom stereocenters. The van der Waals surface area contributed by atoms with Crippen molar-refractivity contribution in [3.05, 3.63) is 29.8 Å². The first kappa shape index (κ1) is 19.7. The molecule has 0 radical (unpaired) electrons. The molecule has 0 bridgehead atoms. The van der Waals surface area contributed by atoms with Crippen molar-refractivity contribution in [3.8, 4) is 0 Å². The van der Waals surface area contributed by atoms with Crippen LogP contribution in [0.25, 0.3) is 0 Å². The molecule has 0 fully saturated rings. The van der Waals surface area contributed by atoms with E-state index in [0.717, 1.165) is 13.0 Å². The molecule has 1 rings (SSSR count). The fourth-order valence-corrected chi connectivity index (χ4v) is 2.23. The van der Waals surface area contributed by atoms with Crippen LogP contribution in [0, 0.1) is 0 Å². The van der Waals surface area contributed by atoms with Gasteiger partial charge in [-0.3, -0.25) is 9.52 Å². The Balaban J connectivity index is 0.00000400. The van der Waals surface area contributed by atoms with E-state index in [9.17, 15) is 13.2 Å². The normalized spacial score (nSPS) is 10.6. The Labute approximate surface area is 132 Å². The largest absolute Gasteiger partial charge is 0.352 e. The van der Waals surface area contributed by atoms with Gasteiger partial charge >= 0.3 is 0 Å². The van der Waals surface area contributed by atoms with Gasteiger partial charge in [-0.15, -0.1) is 12.4 Å². The van der Waals surface area contributed by atoms with Crippen molar-refractivity contribution in [2.75, 3.05) is 30.6 Å². The highest BCUT2D eigenvalue weighted by molar-refractivity contribution is 7.92. The van der Waals surface area contributed by atoms with Gasteiger partial charge in [-0.25, -0.2) is 8.42 Å². The first-order valence-corrected chi connectivity index (χ1v) is 8.17. The molecular weight excluding hydrogens is 314 g/mol. The number of hydrogen-bond donors (Lipinski definition) is 3. The standard InChI is InChI=1S/C13H21N3O3S.ClH/c1-3-20(18,19)16-12-8-5-4-7-11(12)13(17)15-10-6-9-14-2;/h4-5,7-8,14,16H,3,6,9-10H2,1-2H3,(H,15,17);1H. The van der Waals surface area contributed by atoms with Crippen LogP contribution in [0.2, 0.25) is 0 Å². The number of carbonyl (C=O) groups is 1. The first-order valence-electron chi connectivity index (χ1n) is 6.52. The van der Waals surface area contributed by atoms with Gasteiger partial charge in [-0.2, -0.15) is 0 Å². The summed E-state index contributed by atoms with van der Waals surface area (Å²) in [6, 6.07) is 6.56. The van der Waals surface area contributed by atoms with Crippen LogP contribution in [0.3, 0.4) is 0 Å². The number of benzene rings is 1. The lowest BCUT2D eigenvalue weighted by Gasteiger charge is -2.11. The molecule has 6 nitrogen and oxygen atoms in total. The van der Waals surface area contributed by atoms with Crippen LogP contribution >= 0.6 is 12.4 Å². The number of amides is 1. The molecule has 8 heteroatoms. The zero-order chi connectivity index (χ0) is 15.0. The molecule has 0 saturated carbocycles. The number of carbonyl (C=O) groups excluding carboxylic acids is 1. The molecule has 1 aromatic carbocycles. The average Bonchev–Trinajstić information content (AvgIpc) is 2.43. The van der Waals surface area contributed by atoms with E-state index in [1.54, 1.807) is 31.2 Å². The topological polar surface area (TPSA) is 87.3 Å². The number of anilines is 1. The third-order valence-electron chi connectivity index (χ3n) is 2.71. The summed E-state index contributed by atoms with van der Waals surface area (Å²) in [5.41, 5.74) is 0.634. The van der Waals surface area contributed by atoms with E-state index in [-0.39, 0.29) is 24.1 Å². The zero-order valence-electron chi connectivity index (χ0n) is 12.2. The minimum absolute atomic E-state index is 0. The van der Waals surface area contributed by atoms with Crippen LogP contribution in [0.5, 0.6) is 0 Å². The third-order valence-corrected chi connectivity index (χ3v) is 4.00. The van der Waals surface area contributed by atoms with Crippen LogP contribution in [-0.2, 0) is 10.0 Å². The summed E-state index contributed by atoms with van der Waals surface area (Å²) >= 11 is 0. The van der Waals surface area contributed by atoms with Gasteiger partial charge in [0.2, 0.25) is 10.0 Å². The van der Waals surface area contributed by atoms with Crippen LogP contribution in [0.15, 0.2) is 24.3 Å². The Morgan fingerprint density at radius 1 is 1.19 bits per heavy atom. The molecule has 1 aromatic rings. The summed E-state index contributed by atoms with van der Waals surface area (Å²) in [6.07, 6.45) is 0.811. The SMILES string of the molecule is CCS(=O)(=O)Nc1ccccc1C(=O)NCCCNC.Cl. The first-order chi connectivity index (χ1) is 9.50. The van der Waals surface area contributed by atoms with E-state index < -0.39 is 10.0 Å². The van der Waals surface area contributed by atoms with Crippen LogP contribution < -0.4 is 15.4 Å². The summed E-state index contributed by atoms with van der Waals surface area (Å²) in [5.74, 6) is -0.319. The maximum atomic E-state index is 12.0. The lowest BCUT2D eigenvalue weighted by atomic mass is 10.1. The Bertz CT molecular complexity index is 549. The van der Waals surface area contributed by atoms with E-state index in [4.69, 9.17) is 0 Å². The number of sulfonamides is 1. The molecule has 120 valence electrons. The summed E-state index contributed by atoms with van der Waals surface area (Å²) in [6.45, 7) is 2.89. The second-order valence-electron chi connectivity index (χ2n) is 4.26. The zero-order valence-corrected chi connectivity index (χ0v) is 13.8. The van der Waals surface area contributed by atoms with E-state index >= 15 is 0 Å². The average molecular weight is 336 g/mol. The Morgan fingerprint density at radius 3 is 2.48 bits per heavy atom. The van der Waals surface area contributed by atoms with Gasteiger partial charge in [0.15, 0.2) is 0 Å². The molecule has 0 aliphatic heterocycles. The van der Waals surface area contributed by atoms with Crippen molar-refractivity contribution < 1.29 is 13.2 Å². The van der Waals surface area contributed by atoms with Crippen molar-refractivity contribution in [2.45, 2.75) is 13.3 Å². The van der Waals surface area contributed by atoms with Crippen molar-refractivity contribution in [3.63, 3.8) is 0 Å². The molecule has 0 spiro atoms. The van der Waals surface area contributed by atoms with Gasteiger partial charge in [-0.05, 0) is 39.1 Å². The van der Waals surface area contributed by atoms with Crippen LogP contribution in [0.1, 0.15) is 23.7 Å². The molecule has 3 N–H and O–H groups in total. The third kappa shape index (κ3) is 6.79. The van der Waals surface area contributed by atoms with Gasteiger partial charge in [0, 0.05) is 6.54 Å². The quantitative estimate of drug-likeness (QED) is 0.623. The van der Waals surface area contributed by atoms with Gasteiger partial charge in [0.05, 0.1) is 17.0 Å². The minimum Gasteiger partial charge on any atom is -0.352 e. The summed E-state index contributed by atoms with van der Waals surface area (Å²) in [4.78, 5) is 12.0. The highest BCUT2D eigenvalue weighted by Crippen LogP contribution is 2.16. The summed E-state index contributed by atoms with van der Waals surface area (Å²) < 4.78 is 25.6. The Hall–Kier alpha value is -1.31. The molecule has 0 saturated heterocycles. The minimum atomic E-state index is -3.40. The predicted molar refractivity (Wildman–Crippen MR) is 87.7 cm³/mol. The number of para-hydroxylation sites is 1. The second-order valence-corrected chi connectivity index (χ2v) is 6.28. The van der Waals surface area contributed by atoms with Crippen molar-refractivity contribution >= 4 is 34.0 Å². The van der Waals surface area contributed by atoms with Crippen LogP contribution in [0.4, 0.5) is 5.69 Å². The summed E-state index contributed by atoms with van der Waals surface area (Å²) in [7, 11) is -1.55. The number of hydrogen-bond acceptors (Lipinski definition) is 4. The van der Waals surface area contributed by atoms with Gasteiger partial charge < -0.3 is 10.6 Å². The smallest absolute Gasteiger partial charge is 0.253 e. The Kier molecular flexibility index (Phi) is 9.00. The lowest BCUT2D eigenvalue weighted by molar-refractivity contribution is 0.0954. The molecule has 0 aliphatic carbocycles. The number of rotatable bonds is 8. The maximum Gasteiger partial charge on any atom is 0.253 e. The van der Waals surface area contributed by atoms with Crippen molar-refractivity contribution in [1.29, 1.82) is 0 Å². The number of nitrogens with one attached hydrogen (secondary N) is 3. The summed E-state index contributed by atoms with van der Waals surface area (Å²) in [5, 5.41) is 5.75. The van der Waals surface area contributed by atoms with E-state index in [1.807, 2.05) is 7.05 Å². The molecule has 0 aliphatic rings. The Morgan fingerprint density at radius 2 is 1.86 bits per heavy atom. The van der Waals surface area contributed by atoms with Crippen LogP contribution in [-0.4, -0.2) is 40.2 Å². The van der Waals surface area contributed by atoms with Crippen molar-refractivity contribution in [2.24, 2.45) is 0 Å². The van der Waals surface area contributed by atoms with E-state index in [0.29, 0.717) is 17.8 Å². The van der Waals surface area contributed by atoms with Gasteiger partial charge in [-0.1, -0.05) is 12.1 Å². The molecule has 0 aromatic heterocycles. The molecule has 21 heavy (non-hydrogen) atoms. The molecule has 1 amide bonds.